The number of aliphatic carboxylic acids is 2. The zero-order valence-electron chi connectivity index (χ0n) is 23.1. The van der Waals surface area contributed by atoms with E-state index in [0.29, 0.717) is 47.1 Å². The van der Waals surface area contributed by atoms with Gasteiger partial charge in [0.25, 0.3) is 0 Å². The first kappa shape index (κ1) is 33.1. The van der Waals surface area contributed by atoms with Crippen LogP contribution in [0.15, 0.2) is 72.8 Å². The van der Waals surface area contributed by atoms with Gasteiger partial charge in [0.15, 0.2) is 0 Å². The van der Waals surface area contributed by atoms with E-state index in [9.17, 15) is 27.6 Å². The highest BCUT2D eigenvalue weighted by atomic mass is 19.1. The van der Waals surface area contributed by atoms with E-state index in [2.05, 4.69) is 10.4 Å². The number of para-hydroxylation sites is 1. The molecule has 1 aromatic heterocycles. The van der Waals surface area contributed by atoms with Crippen LogP contribution in [-0.2, 0) is 9.59 Å². The fraction of sp³-hybridized carbons (Fsp3) is 0.200. The number of carbonyl (C=O) groups is 3. The normalized spacial score (nSPS) is 14.2. The molecule has 0 saturated carbocycles. The molecule has 0 spiro atoms. The molecule has 1 aliphatic heterocycles. The lowest BCUT2D eigenvalue weighted by Gasteiger charge is -2.22. The number of anilines is 1. The quantitative estimate of drug-likeness (QED) is 0.147. The van der Waals surface area contributed by atoms with Crippen LogP contribution < -0.4 is 15.8 Å². The molecule has 0 unspecified atom stereocenters. The summed E-state index contributed by atoms with van der Waals surface area (Å²) in [6.07, 6.45) is 3.32. The Hall–Kier alpha value is -5.37. The van der Waals surface area contributed by atoms with Crippen LogP contribution >= 0.6 is 0 Å². The molecule has 3 aromatic carbocycles. The summed E-state index contributed by atoms with van der Waals surface area (Å²) in [5, 5.41) is 32.4. The molecule has 0 amide bonds. The van der Waals surface area contributed by atoms with Crippen LogP contribution in [-0.4, -0.2) is 62.7 Å². The van der Waals surface area contributed by atoms with Crippen molar-refractivity contribution in [3.8, 4) is 11.6 Å². The fourth-order valence-corrected chi connectivity index (χ4v) is 4.10. The van der Waals surface area contributed by atoms with Crippen molar-refractivity contribution >= 4 is 34.5 Å². The van der Waals surface area contributed by atoms with Gasteiger partial charge in [0, 0.05) is 30.3 Å². The number of hydrogen-bond acceptors (Lipinski definition) is 7. The minimum atomic E-state index is -1.26. The van der Waals surface area contributed by atoms with Crippen molar-refractivity contribution < 1.29 is 47.6 Å². The number of hydrogen-bond donors (Lipinski definition) is 5. The minimum absolute atomic E-state index is 0.0684. The Kier molecular flexibility index (Phi) is 11.9. The summed E-state index contributed by atoms with van der Waals surface area (Å²) < 4.78 is 47.7. The molecule has 1 aliphatic rings. The average molecular weight is 615 g/mol. The highest BCUT2D eigenvalue weighted by molar-refractivity contribution is 5.93. The van der Waals surface area contributed by atoms with Crippen LogP contribution in [0.3, 0.4) is 0 Å². The predicted molar refractivity (Wildman–Crippen MR) is 154 cm³/mol. The summed E-state index contributed by atoms with van der Waals surface area (Å²) in [5.41, 5.74) is 6.03. The first-order valence-electron chi connectivity index (χ1n) is 13.1. The van der Waals surface area contributed by atoms with Gasteiger partial charge >= 0.3 is 17.9 Å². The number of ether oxygens (including phenoxy) is 1. The van der Waals surface area contributed by atoms with Gasteiger partial charge in [-0.05, 0) is 67.9 Å². The lowest BCUT2D eigenvalue weighted by atomic mass is 10.0. The topological polar surface area (TPSA) is 177 Å². The first-order chi connectivity index (χ1) is 21.0. The summed E-state index contributed by atoms with van der Waals surface area (Å²) in [6, 6.07) is 13.9. The average Bonchev–Trinajstić information content (AvgIpc) is 3.35. The Labute approximate surface area is 249 Å². The standard InChI is InChI=1S/C19H19F2N3O.C7H6FNO2.C4H4O4/c20-14-7-8-17-15(10-14)19(25-12-13-4-3-9-22-11-13)23-24(17)18-6-2-1-5-16(18)21;8-4-1-2-6(9)5(3-4)7(10)11;5-3(6)1-2-4(7)8/h1-2,5-8,10,13,22H,3-4,9,11-12H2;1-3H,9H2,(H,10,11);1-2H,(H,5,6)(H,7,8)/b;;2-1-/t13-;;/m0../s1. The van der Waals surface area contributed by atoms with E-state index < -0.39 is 23.7 Å². The number of benzene rings is 3. The predicted octanol–water partition coefficient (Wildman–Crippen LogP) is 4.50. The molecule has 14 heteroatoms. The molecule has 11 nitrogen and oxygen atoms in total. The van der Waals surface area contributed by atoms with E-state index in [4.69, 9.17) is 25.8 Å². The van der Waals surface area contributed by atoms with Crippen LogP contribution in [0.4, 0.5) is 18.9 Å². The molecule has 0 bridgehead atoms. The second-order valence-electron chi connectivity index (χ2n) is 9.40. The number of nitrogens with two attached hydrogens (primary N) is 1. The van der Waals surface area contributed by atoms with E-state index in [1.807, 2.05) is 0 Å². The number of nitrogens with one attached hydrogen (secondary N) is 1. The van der Waals surface area contributed by atoms with Crippen molar-refractivity contribution in [2.24, 2.45) is 5.92 Å². The van der Waals surface area contributed by atoms with Crippen molar-refractivity contribution in [1.29, 1.82) is 0 Å². The summed E-state index contributed by atoms with van der Waals surface area (Å²) in [5.74, 6) is -4.36. The van der Waals surface area contributed by atoms with Gasteiger partial charge in [0.2, 0.25) is 5.88 Å². The van der Waals surface area contributed by atoms with Gasteiger partial charge in [-0.25, -0.2) is 32.2 Å². The van der Waals surface area contributed by atoms with E-state index >= 15 is 0 Å². The van der Waals surface area contributed by atoms with Gasteiger partial charge in [0.05, 0.1) is 23.1 Å². The van der Waals surface area contributed by atoms with E-state index in [1.54, 1.807) is 24.3 Å². The third kappa shape index (κ3) is 9.59. The Balaban J connectivity index is 0.000000230. The lowest BCUT2D eigenvalue weighted by molar-refractivity contribution is -0.134. The maximum atomic E-state index is 14.2. The van der Waals surface area contributed by atoms with E-state index in [0.717, 1.165) is 38.1 Å². The van der Waals surface area contributed by atoms with Gasteiger partial charge < -0.3 is 31.1 Å². The number of nitrogens with zero attached hydrogens (tertiary/aromatic N) is 2. The van der Waals surface area contributed by atoms with Crippen LogP contribution in [0.1, 0.15) is 23.2 Å². The number of carboxylic acids is 3. The number of nitrogen functional groups attached to an aromatic ring is 1. The fourth-order valence-electron chi connectivity index (χ4n) is 4.10. The molecular weight excluding hydrogens is 585 g/mol. The third-order valence-electron chi connectivity index (χ3n) is 6.16. The SMILES string of the molecule is Fc1ccc2c(c1)c(OC[C@H]1CCCNC1)nn2-c1ccccc1F.Nc1ccc(F)cc1C(=O)O.O=C(O)/C=C\C(=O)O. The molecule has 44 heavy (non-hydrogen) atoms. The molecule has 6 N–H and O–H groups in total. The summed E-state index contributed by atoms with van der Waals surface area (Å²) in [6.45, 7) is 2.44. The van der Waals surface area contributed by atoms with Crippen molar-refractivity contribution in [1.82, 2.24) is 15.1 Å². The number of rotatable bonds is 7. The number of carboxylic acid groups (broad SMARTS) is 3. The van der Waals surface area contributed by atoms with Gasteiger partial charge in [-0.1, -0.05) is 12.1 Å². The van der Waals surface area contributed by atoms with Crippen LogP contribution in [0, 0.1) is 23.4 Å². The Bertz CT molecular complexity index is 1640. The third-order valence-corrected chi connectivity index (χ3v) is 6.16. The molecule has 1 saturated heterocycles. The Morgan fingerprint density at radius 2 is 1.64 bits per heavy atom. The number of fused-ring (bicyclic) bond motifs is 1. The summed E-state index contributed by atoms with van der Waals surface area (Å²) in [4.78, 5) is 29.4. The summed E-state index contributed by atoms with van der Waals surface area (Å²) in [7, 11) is 0. The first-order valence-corrected chi connectivity index (χ1v) is 13.1. The molecule has 0 aliphatic carbocycles. The van der Waals surface area contributed by atoms with Gasteiger partial charge in [0.1, 0.15) is 23.1 Å². The number of piperidine rings is 1. The lowest BCUT2D eigenvalue weighted by Crippen LogP contribution is -2.33. The second kappa shape index (κ2) is 15.7. The molecule has 2 heterocycles. The van der Waals surface area contributed by atoms with Gasteiger partial charge in [-0.2, -0.15) is 0 Å². The van der Waals surface area contributed by atoms with Crippen molar-refractivity contribution in [3.05, 3.63) is 95.8 Å². The zero-order chi connectivity index (χ0) is 32.2. The number of halogens is 3. The van der Waals surface area contributed by atoms with Crippen molar-refractivity contribution in [3.63, 3.8) is 0 Å². The molecule has 1 atom stereocenters. The highest BCUT2D eigenvalue weighted by Gasteiger charge is 2.19. The highest BCUT2D eigenvalue weighted by Crippen LogP contribution is 2.29. The van der Waals surface area contributed by atoms with Gasteiger partial charge in [-0.3, -0.25) is 0 Å². The maximum absolute atomic E-state index is 14.2. The molecule has 232 valence electrons. The van der Waals surface area contributed by atoms with Crippen LogP contribution in [0.5, 0.6) is 5.88 Å². The minimum Gasteiger partial charge on any atom is -0.478 e. The summed E-state index contributed by atoms with van der Waals surface area (Å²) >= 11 is 0. The number of aromatic nitrogens is 2. The Morgan fingerprint density at radius 1 is 0.977 bits per heavy atom. The molecular formula is C30H29F3N4O7. The van der Waals surface area contributed by atoms with E-state index in [1.165, 1.54) is 28.9 Å². The molecule has 0 radical (unpaired) electrons. The molecule has 1 fully saturated rings. The van der Waals surface area contributed by atoms with Crippen LogP contribution in [0.25, 0.3) is 16.6 Å². The molecule has 4 aromatic rings. The number of aromatic carboxylic acids is 1. The Morgan fingerprint density at radius 3 is 2.23 bits per heavy atom. The zero-order valence-corrected chi connectivity index (χ0v) is 23.1. The van der Waals surface area contributed by atoms with E-state index in [-0.39, 0.29) is 22.9 Å². The second-order valence-corrected chi connectivity index (χ2v) is 9.40. The van der Waals surface area contributed by atoms with Crippen LogP contribution in [0.2, 0.25) is 0 Å². The van der Waals surface area contributed by atoms with Gasteiger partial charge in [-0.15, -0.1) is 5.10 Å². The molecule has 5 rings (SSSR count). The monoisotopic (exact) mass is 614 g/mol. The smallest absolute Gasteiger partial charge is 0.337 e. The van der Waals surface area contributed by atoms with Crippen molar-refractivity contribution in [2.45, 2.75) is 12.8 Å². The maximum Gasteiger partial charge on any atom is 0.337 e. The largest absolute Gasteiger partial charge is 0.478 e. The van der Waals surface area contributed by atoms with Crippen molar-refractivity contribution in [2.75, 3.05) is 25.4 Å².